The lowest BCUT2D eigenvalue weighted by atomic mass is 10.0. The van der Waals surface area contributed by atoms with Gasteiger partial charge in [0.25, 0.3) is 0 Å². The Morgan fingerprint density at radius 1 is 1.00 bits per heavy atom. The van der Waals surface area contributed by atoms with Crippen molar-refractivity contribution in [2.75, 3.05) is 32.1 Å². The predicted molar refractivity (Wildman–Crippen MR) is 154 cm³/mol. The van der Waals surface area contributed by atoms with Crippen LogP contribution < -0.4 is 9.64 Å². The van der Waals surface area contributed by atoms with E-state index < -0.39 is 5.82 Å². The molecule has 0 N–H and O–H groups in total. The lowest BCUT2D eigenvalue weighted by molar-refractivity contribution is 0.292. The zero-order valence-electron chi connectivity index (χ0n) is 23.0. The van der Waals surface area contributed by atoms with Gasteiger partial charge >= 0.3 is 0 Å². The summed E-state index contributed by atoms with van der Waals surface area (Å²) < 4.78 is 21.8. The molecule has 6 heterocycles. The molecule has 0 saturated carbocycles. The molecule has 0 aliphatic carbocycles. The normalized spacial score (nSPS) is 17.9. The first-order valence-corrected chi connectivity index (χ1v) is 13.6. The summed E-state index contributed by atoms with van der Waals surface area (Å²) in [6.07, 6.45) is 9.54. The molecule has 2 aliphatic heterocycles. The molecule has 10 nitrogen and oxygen atoms in total. The van der Waals surface area contributed by atoms with E-state index in [0.29, 0.717) is 40.5 Å². The summed E-state index contributed by atoms with van der Waals surface area (Å²) in [7, 11) is 3.65. The number of fused-ring (bicyclic) bond motifs is 2. The molecule has 2 fully saturated rings. The van der Waals surface area contributed by atoms with Crippen molar-refractivity contribution in [3.05, 3.63) is 84.8 Å². The second-order valence-corrected chi connectivity index (χ2v) is 10.5. The van der Waals surface area contributed by atoms with E-state index in [1.165, 1.54) is 13.2 Å². The van der Waals surface area contributed by atoms with Gasteiger partial charge in [-0.25, -0.2) is 24.0 Å². The third-order valence-electron chi connectivity index (χ3n) is 8.05. The van der Waals surface area contributed by atoms with E-state index in [0.717, 1.165) is 36.5 Å². The zero-order chi connectivity index (χ0) is 28.8. The van der Waals surface area contributed by atoms with Gasteiger partial charge in [-0.3, -0.25) is 9.88 Å². The fourth-order valence-electron chi connectivity index (χ4n) is 5.90. The van der Waals surface area contributed by atoms with Crippen molar-refractivity contribution in [1.82, 2.24) is 34.6 Å². The van der Waals surface area contributed by atoms with Crippen molar-refractivity contribution < 1.29 is 9.13 Å². The number of nitrogens with zero attached hydrogens (tertiary/aromatic N) is 9. The highest BCUT2D eigenvalue weighted by Gasteiger charge is 2.42. The Morgan fingerprint density at radius 3 is 2.67 bits per heavy atom. The number of methoxy groups -OCH3 is 1. The highest BCUT2D eigenvalue weighted by Crippen LogP contribution is 2.36. The first-order chi connectivity index (χ1) is 20.5. The van der Waals surface area contributed by atoms with Crippen LogP contribution in [0.5, 0.6) is 5.75 Å². The number of rotatable bonds is 6. The van der Waals surface area contributed by atoms with Gasteiger partial charge in [-0.05, 0) is 55.4 Å². The average Bonchev–Trinajstić information content (AvgIpc) is 3.77. The molecule has 0 amide bonds. The number of ether oxygens (including phenoxy) is 1. The number of hydrogen-bond donors (Lipinski definition) is 0. The van der Waals surface area contributed by atoms with Crippen LogP contribution in [0.4, 0.5) is 10.2 Å². The van der Waals surface area contributed by atoms with E-state index in [2.05, 4.69) is 43.0 Å². The number of pyridine rings is 2. The van der Waals surface area contributed by atoms with Gasteiger partial charge in [0, 0.05) is 61.1 Å². The second kappa shape index (κ2) is 10.3. The molecular weight excluding hydrogens is 533 g/mol. The first kappa shape index (κ1) is 25.7. The molecule has 4 aromatic heterocycles. The van der Waals surface area contributed by atoms with Gasteiger partial charge in [-0.15, -0.1) is 0 Å². The van der Waals surface area contributed by atoms with Gasteiger partial charge in [0.2, 0.25) is 0 Å². The van der Waals surface area contributed by atoms with E-state index in [1.54, 1.807) is 53.7 Å². The standard InChI is InChI=1S/C31H26FN9O/c1-39-17-23-12-22(39)18-40(23)28-10-20(24-15-34-8-6-19(24)13-33)11-29(38-28)41-16-21(14-36-41)26-7-9-35-31(37-26)30-25(32)4-3-5-27(30)42-2/h3-11,14-16,22-23H,12,17-18H2,1-2H3/t22-,23-/m0/s1. The number of aromatic nitrogens is 6. The molecule has 0 unspecified atom stereocenters. The molecule has 11 heteroatoms. The van der Waals surface area contributed by atoms with E-state index in [1.807, 2.05) is 18.3 Å². The van der Waals surface area contributed by atoms with Crippen molar-refractivity contribution in [2.45, 2.75) is 18.5 Å². The summed E-state index contributed by atoms with van der Waals surface area (Å²) in [5, 5.41) is 14.4. The first-order valence-electron chi connectivity index (χ1n) is 13.6. The minimum atomic E-state index is -0.468. The Hall–Kier alpha value is -5.21. The number of anilines is 1. The van der Waals surface area contributed by atoms with Crippen LogP contribution in [0.2, 0.25) is 0 Å². The quantitative estimate of drug-likeness (QED) is 0.300. The maximum absolute atomic E-state index is 14.7. The fourth-order valence-corrected chi connectivity index (χ4v) is 5.90. The fraction of sp³-hybridized carbons (Fsp3) is 0.226. The highest BCUT2D eigenvalue weighted by molar-refractivity contribution is 5.74. The summed E-state index contributed by atoms with van der Waals surface area (Å²) in [6, 6.07) is 15.2. The lowest BCUT2D eigenvalue weighted by Crippen LogP contribution is -2.45. The number of piperazine rings is 1. The second-order valence-electron chi connectivity index (χ2n) is 10.5. The van der Waals surface area contributed by atoms with E-state index in [9.17, 15) is 9.65 Å². The Kier molecular flexibility index (Phi) is 6.32. The Labute approximate surface area is 241 Å². The summed E-state index contributed by atoms with van der Waals surface area (Å²) in [5.74, 6) is 1.54. The van der Waals surface area contributed by atoms with Crippen LogP contribution >= 0.6 is 0 Å². The predicted octanol–water partition coefficient (Wildman–Crippen LogP) is 4.37. The number of benzene rings is 1. The zero-order valence-corrected chi connectivity index (χ0v) is 23.0. The molecule has 2 aliphatic rings. The topological polar surface area (TPSA) is 109 Å². The Balaban J connectivity index is 1.29. The van der Waals surface area contributed by atoms with Crippen molar-refractivity contribution in [1.29, 1.82) is 5.26 Å². The van der Waals surface area contributed by atoms with Gasteiger partial charge in [0.1, 0.15) is 17.4 Å². The number of likely N-dealkylation sites (N-methyl/N-ethyl adjacent to an activating group) is 1. The van der Waals surface area contributed by atoms with Gasteiger partial charge in [0.15, 0.2) is 11.6 Å². The minimum absolute atomic E-state index is 0.198. The molecule has 7 rings (SSSR count). The summed E-state index contributed by atoms with van der Waals surface area (Å²) >= 11 is 0. The minimum Gasteiger partial charge on any atom is -0.496 e. The summed E-state index contributed by atoms with van der Waals surface area (Å²) in [6.45, 7) is 1.87. The third-order valence-corrected chi connectivity index (χ3v) is 8.05. The van der Waals surface area contributed by atoms with Crippen molar-refractivity contribution in [2.24, 2.45) is 0 Å². The number of halogens is 1. The molecule has 208 valence electrons. The van der Waals surface area contributed by atoms with Crippen LogP contribution in [0.25, 0.3) is 39.6 Å². The van der Waals surface area contributed by atoms with Crippen LogP contribution in [-0.2, 0) is 0 Å². The average molecular weight is 560 g/mol. The molecule has 2 atom stereocenters. The monoisotopic (exact) mass is 559 g/mol. The third kappa shape index (κ3) is 4.42. The molecular formula is C31H26FN9O. The number of likely N-dealkylation sites (tertiary alicyclic amines) is 1. The van der Waals surface area contributed by atoms with Crippen LogP contribution in [0.3, 0.4) is 0 Å². The largest absolute Gasteiger partial charge is 0.496 e. The molecule has 0 radical (unpaired) electrons. The van der Waals surface area contributed by atoms with Gasteiger partial charge < -0.3 is 9.64 Å². The van der Waals surface area contributed by atoms with Gasteiger partial charge in [-0.2, -0.15) is 10.4 Å². The SMILES string of the molecule is COc1cccc(F)c1-c1nccc(-c2cnn(-c3cc(-c4cnccc4C#N)cc(N4C[C@@H]5C[C@H]4CN5C)n3)c2)n1. The van der Waals surface area contributed by atoms with Crippen LogP contribution in [0, 0.1) is 17.1 Å². The molecule has 42 heavy (non-hydrogen) atoms. The molecule has 5 aromatic rings. The number of nitriles is 1. The molecule has 1 aromatic carbocycles. The van der Waals surface area contributed by atoms with Crippen LogP contribution in [0.1, 0.15) is 12.0 Å². The van der Waals surface area contributed by atoms with E-state index >= 15 is 0 Å². The summed E-state index contributed by atoms with van der Waals surface area (Å²) in [5.41, 5.74) is 3.59. The summed E-state index contributed by atoms with van der Waals surface area (Å²) in [4.78, 5) is 23.0. The van der Waals surface area contributed by atoms with Crippen molar-refractivity contribution in [3.8, 4) is 51.4 Å². The van der Waals surface area contributed by atoms with Crippen LogP contribution in [0.15, 0.2) is 73.4 Å². The van der Waals surface area contributed by atoms with Crippen LogP contribution in [-0.4, -0.2) is 73.9 Å². The smallest absolute Gasteiger partial charge is 0.166 e. The molecule has 0 spiro atoms. The van der Waals surface area contributed by atoms with E-state index in [-0.39, 0.29) is 11.4 Å². The lowest BCUT2D eigenvalue weighted by Gasteiger charge is -2.33. The van der Waals surface area contributed by atoms with Gasteiger partial charge in [0.05, 0.1) is 36.2 Å². The Morgan fingerprint density at radius 2 is 1.88 bits per heavy atom. The maximum Gasteiger partial charge on any atom is 0.166 e. The molecule has 2 saturated heterocycles. The maximum atomic E-state index is 14.7. The Bertz CT molecular complexity index is 1850. The number of hydrogen-bond acceptors (Lipinski definition) is 9. The van der Waals surface area contributed by atoms with E-state index in [4.69, 9.17) is 9.72 Å². The highest BCUT2D eigenvalue weighted by atomic mass is 19.1. The molecule has 2 bridgehead atoms. The van der Waals surface area contributed by atoms with Crippen molar-refractivity contribution in [3.63, 3.8) is 0 Å². The van der Waals surface area contributed by atoms with Crippen molar-refractivity contribution >= 4 is 5.82 Å². The van der Waals surface area contributed by atoms with Gasteiger partial charge in [-0.1, -0.05) is 6.07 Å².